The summed E-state index contributed by atoms with van der Waals surface area (Å²) in [5.41, 5.74) is -2.59. The first-order valence-electron chi connectivity index (χ1n) is 4.68. The quantitative estimate of drug-likeness (QED) is 0.369. The van der Waals surface area contributed by atoms with E-state index in [1.807, 2.05) is 0 Å². The number of hydrogen-bond donors (Lipinski definition) is 0. The van der Waals surface area contributed by atoms with E-state index in [4.69, 9.17) is 0 Å². The molecule has 0 heterocycles. The monoisotopic (exact) mass is 325 g/mol. The summed E-state index contributed by atoms with van der Waals surface area (Å²) in [7, 11) is 0. The fourth-order valence-corrected chi connectivity index (χ4v) is 1.56. The van der Waals surface area contributed by atoms with Crippen LogP contribution in [0.3, 0.4) is 0 Å². The van der Waals surface area contributed by atoms with E-state index < -0.39 is 38.5 Å². The molecule has 0 amide bonds. The molecule has 0 aliphatic carbocycles. The number of halogens is 4. The van der Waals surface area contributed by atoms with Gasteiger partial charge in [0.15, 0.2) is 5.78 Å². The molecule has 0 bridgehead atoms. The molecule has 0 saturated heterocycles. The molecule has 0 aliphatic heterocycles. The van der Waals surface area contributed by atoms with E-state index in [1.54, 1.807) is 0 Å². The van der Waals surface area contributed by atoms with Gasteiger partial charge in [0.05, 0.1) is 15.3 Å². The second-order valence-electron chi connectivity index (χ2n) is 3.47. The largest absolute Gasteiger partial charge is 0.417 e. The van der Waals surface area contributed by atoms with E-state index in [0.29, 0.717) is 6.07 Å². The van der Waals surface area contributed by atoms with Crippen molar-refractivity contribution in [3.05, 3.63) is 39.4 Å². The molecule has 0 radical (unpaired) electrons. The number of non-ortho nitro benzene ring substituents is 1. The second-order valence-corrected chi connectivity index (χ2v) is 4.84. The third-order valence-corrected chi connectivity index (χ3v) is 2.56. The molecule has 18 heavy (non-hydrogen) atoms. The van der Waals surface area contributed by atoms with Crippen molar-refractivity contribution in [3.63, 3.8) is 0 Å². The molecule has 0 aliphatic rings. The lowest BCUT2D eigenvalue weighted by Gasteiger charge is -2.12. The van der Waals surface area contributed by atoms with E-state index in [1.165, 1.54) is 6.92 Å². The SMILES string of the molecule is CC(Br)C(=O)c1ccc([N+](=O)[O-])cc1C(F)(F)F. The molecule has 1 rings (SSSR count). The number of nitro benzene ring substituents is 1. The van der Waals surface area contributed by atoms with Gasteiger partial charge in [0.2, 0.25) is 0 Å². The van der Waals surface area contributed by atoms with E-state index in [-0.39, 0.29) is 0 Å². The summed E-state index contributed by atoms with van der Waals surface area (Å²) in [5.74, 6) is -0.780. The molecular formula is C10H7BrF3NO3. The van der Waals surface area contributed by atoms with Gasteiger partial charge < -0.3 is 0 Å². The first kappa shape index (κ1) is 14.6. The van der Waals surface area contributed by atoms with Crippen LogP contribution in [-0.4, -0.2) is 15.5 Å². The van der Waals surface area contributed by atoms with Crippen LogP contribution in [0.2, 0.25) is 0 Å². The fourth-order valence-electron chi connectivity index (χ4n) is 1.31. The van der Waals surface area contributed by atoms with Gasteiger partial charge in [0.25, 0.3) is 5.69 Å². The summed E-state index contributed by atoms with van der Waals surface area (Å²) < 4.78 is 38.2. The maximum atomic E-state index is 12.7. The lowest BCUT2D eigenvalue weighted by atomic mass is 10.0. The van der Waals surface area contributed by atoms with Crippen molar-refractivity contribution >= 4 is 27.4 Å². The van der Waals surface area contributed by atoms with Gasteiger partial charge in [-0.3, -0.25) is 14.9 Å². The van der Waals surface area contributed by atoms with Crippen LogP contribution in [0.5, 0.6) is 0 Å². The third kappa shape index (κ3) is 3.06. The number of rotatable bonds is 3. The van der Waals surface area contributed by atoms with Crippen LogP contribution in [0.1, 0.15) is 22.8 Å². The zero-order valence-corrected chi connectivity index (χ0v) is 10.6. The van der Waals surface area contributed by atoms with Gasteiger partial charge in [0.1, 0.15) is 0 Å². The van der Waals surface area contributed by atoms with Crippen molar-refractivity contribution in [2.75, 3.05) is 0 Å². The van der Waals surface area contributed by atoms with Crippen LogP contribution in [0.25, 0.3) is 0 Å². The number of benzene rings is 1. The van der Waals surface area contributed by atoms with Gasteiger partial charge >= 0.3 is 6.18 Å². The molecule has 0 N–H and O–H groups in total. The van der Waals surface area contributed by atoms with Crippen LogP contribution in [0.15, 0.2) is 18.2 Å². The van der Waals surface area contributed by atoms with Gasteiger partial charge in [-0.2, -0.15) is 13.2 Å². The number of nitro groups is 1. The number of carbonyl (C=O) groups is 1. The lowest BCUT2D eigenvalue weighted by Crippen LogP contribution is -2.18. The average Bonchev–Trinajstić information content (AvgIpc) is 2.25. The Morgan fingerprint density at radius 3 is 2.39 bits per heavy atom. The molecule has 1 aromatic rings. The highest BCUT2D eigenvalue weighted by molar-refractivity contribution is 9.10. The summed E-state index contributed by atoms with van der Waals surface area (Å²) in [6.45, 7) is 1.38. The summed E-state index contributed by atoms with van der Waals surface area (Å²) in [4.78, 5) is 20.3. The second kappa shape index (κ2) is 5.05. The van der Waals surface area contributed by atoms with Crippen LogP contribution < -0.4 is 0 Å². The Bertz CT molecular complexity index is 500. The minimum Gasteiger partial charge on any atom is -0.293 e. The molecule has 1 aromatic carbocycles. The molecule has 1 unspecified atom stereocenters. The van der Waals surface area contributed by atoms with E-state index >= 15 is 0 Å². The zero-order chi connectivity index (χ0) is 14.1. The van der Waals surface area contributed by atoms with Gasteiger partial charge in [-0.05, 0) is 13.0 Å². The zero-order valence-electron chi connectivity index (χ0n) is 8.99. The fraction of sp³-hybridized carbons (Fsp3) is 0.300. The summed E-state index contributed by atoms with van der Waals surface area (Å²) in [5, 5.41) is 10.4. The highest BCUT2D eigenvalue weighted by Crippen LogP contribution is 2.35. The predicted octanol–water partition coefficient (Wildman–Crippen LogP) is 3.58. The Labute approximate surface area is 108 Å². The highest BCUT2D eigenvalue weighted by atomic mass is 79.9. The molecule has 8 heteroatoms. The molecule has 0 spiro atoms. The number of alkyl halides is 4. The minimum absolute atomic E-state index is 0.364. The van der Waals surface area contributed by atoms with Crippen LogP contribution in [-0.2, 0) is 6.18 Å². The van der Waals surface area contributed by atoms with Crippen molar-refractivity contribution < 1.29 is 22.9 Å². The first-order chi connectivity index (χ1) is 8.14. The van der Waals surface area contributed by atoms with E-state index in [9.17, 15) is 28.1 Å². The average molecular weight is 326 g/mol. The lowest BCUT2D eigenvalue weighted by molar-refractivity contribution is -0.385. The van der Waals surface area contributed by atoms with Crippen molar-refractivity contribution in [1.82, 2.24) is 0 Å². The number of carbonyl (C=O) groups excluding carboxylic acids is 1. The predicted molar refractivity (Wildman–Crippen MR) is 60.8 cm³/mol. The van der Waals surface area contributed by atoms with Gasteiger partial charge in [-0.15, -0.1) is 0 Å². The molecule has 0 fully saturated rings. The Morgan fingerprint density at radius 2 is 2.00 bits per heavy atom. The van der Waals surface area contributed by atoms with E-state index in [0.717, 1.165) is 12.1 Å². The molecule has 4 nitrogen and oxygen atoms in total. The minimum atomic E-state index is -4.82. The molecule has 0 aromatic heterocycles. The molecule has 1 atom stereocenters. The smallest absolute Gasteiger partial charge is 0.293 e. The Morgan fingerprint density at radius 1 is 1.44 bits per heavy atom. The maximum Gasteiger partial charge on any atom is 0.417 e. The number of ketones is 1. The van der Waals surface area contributed by atoms with Gasteiger partial charge in [-0.1, -0.05) is 15.9 Å². The van der Waals surface area contributed by atoms with Gasteiger partial charge in [-0.25, -0.2) is 0 Å². The Kier molecular flexibility index (Phi) is 4.10. The Hall–Kier alpha value is -1.44. The van der Waals surface area contributed by atoms with Crippen LogP contribution in [0, 0.1) is 10.1 Å². The maximum absolute atomic E-state index is 12.7. The van der Waals surface area contributed by atoms with Crippen molar-refractivity contribution in [2.24, 2.45) is 0 Å². The number of hydrogen-bond acceptors (Lipinski definition) is 3. The van der Waals surface area contributed by atoms with Crippen LogP contribution in [0.4, 0.5) is 18.9 Å². The molecular weight excluding hydrogens is 319 g/mol. The standard InChI is InChI=1S/C10H7BrF3NO3/c1-5(11)9(16)7-3-2-6(15(17)18)4-8(7)10(12,13)14/h2-5H,1H3. The first-order valence-corrected chi connectivity index (χ1v) is 5.60. The highest BCUT2D eigenvalue weighted by Gasteiger charge is 2.37. The number of nitrogens with zero attached hydrogens (tertiary/aromatic N) is 1. The molecule has 0 saturated carbocycles. The topological polar surface area (TPSA) is 60.2 Å². The third-order valence-electron chi connectivity index (χ3n) is 2.15. The summed E-state index contributed by atoms with van der Waals surface area (Å²) in [6.07, 6.45) is -4.82. The summed E-state index contributed by atoms with van der Waals surface area (Å²) >= 11 is 2.87. The van der Waals surface area contributed by atoms with Gasteiger partial charge in [0, 0.05) is 17.7 Å². The van der Waals surface area contributed by atoms with Crippen molar-refractivity contribution in [2.45, 2.75) is 17.9 Å². The Balaban J connectivity index is 3.44. The summed E-state index contributed by atoms with van der Waals surface area (Å²) in [6, 6.07) is 2.06. The van der Waals surface area contributed by atoms with Crippen molar-refractivity contribution in [1.29, 1.82) is 0 Å². The van der Waals surface area contributed by atoms with Crippen LogP contribution >= 0.6 is 15.9 Å². The number of Topliss-reactive ketones (excluding diaryl/α,β-unsaturated/α-hetero) is 1. The normalized spacial score (nSPS) is 13.2. The van der Waals surface area contributed by atoms with E-state index in [2.05, 4.69) is 15.9 Å². The van der Waals surface area contributed by atoms with Crippen molar-refractivity contribution in [3.8, 4) is 0 Å². The molecule has 98 valence electrons.